The summed E-state index contributed by atoms with van der Waals surface area (Å²) in [5.41, 5.74) is 3.94. The molecule has 2 fully saturated rings. The first-order valence-electron chi connectivity index (χ1n) is 11.3. The molecule has 32 heavy (non-hydrogen) atoms. The molecule has 1 aromatic heterocycles. The van der Waals surface area contributed by atoms with Crippen molar-refractivity contribution in [2.75, 3.05) is 19.6 Å². The van der Waals surface area contributed by atoms with Crippen molar-refractivity contribution in [3.05, 3.63) is 65.0 Å². The fourth-order valence-electron chi connectivity index (χ4n) is 5.28. The van der Waals surface area contributed by atoms with Gasteiger partial charge >= 0.3 is 6.03 Å². The second kappa shape index (κ2) is 8.27. The maximum Gasteiger partial charge on any atom is 0.318 e. The number of nitrogens with zero attached hydrogens (tertiary/aromatic N) is 4. The molecule has 2 aliphatic heterocycles. The molecule has 7 heteroatoms. The number of amides is 3. The third kappa shape index (κ3) is 3.93. The van der Waals surface area contributed by atoms with E-state index in [0.717, 1.165) is 43.5 Å². The minimum absolute atomic E-state index is 0.00739. The van der Waals surface area contributed by atoms with Crippen LogP contribution in [0.4, 0.5) is 4.79 Å². The van der Waals surface area contributed by atoms with E-state index in [-0.39, 0.29) is 23.8 Å². The van der Waals surface area contributed by atoms with Gasteiger partial charge in [-0.2, -0.15) is 5.26 Å². The second-order valence-corrected chi connectivity index (χ2v) is 9.28. The summed E-state index contributed by atoms with van der Waals surface area (Å²) in [4.78, 5) is 33.3. The molecule has 7 nitrogen and oxygen atoms in total. The van der Waals surface area contributed by atoms with E-state index < -0.39 is 0 Å². The maximum atomic E-state index is 12.8. The van der Waals surface area contributed by atoms with Crippen LogP contribution in [-0.4, -0.2) is 46.4 Å². The number of rotatable bonds is 4. The second-order valence-electron chi connectivity index (χ2n) is 9.28. The predicted molar refractivity (Wildman–Crippen MR) is 118 cm³/mol. The van der Waals surface area contributed by atoms with Crippen molar-refractivity contribution < 1.29 is 9.59 Å². The van der Waals surface area contributed by atoms with Crippen LogP contribution < -0.4 is 5.32 Å². The third-order valence-electron chi connectivity index (χ3n) is 7.46. The number of carbonyl (C=O) groups excluding carboxylic acids is 2. The SMILES string of the molecule is N#Cc1ccccc1CC(=O)N1CCC2(CC1)CC2CNC(=O)N1Cc2ccncc2C1. The van der Waals surface area contributed by atoms with E-state index >= 15 is 0 Å². The van der Waals surface area contributed by atoms with Crippen LogP contribution in [0.1, 0.15) is 41.5 Å². The van der Waals surface area contributed by atoms with Crippen LogP contribution in [-0.2, 0) is 24.3 Å². The normalized spacial score (nSPS) is 20.5. The molecule has 3 amide bonds. The van der Waals surface area contributed by atoms with Gasteiger partial charge in [0.05, 0.1) is 18.1 Å². The lowest BCUT2D eigenvalue weighted by atomic mass is 9.90. The lowest BCUT2D eigenvalue weighted by Gasteiger charge is -2.33. The summed E-state index contributed by atoms with van der Waals surface area (Å²) in [6.07, 6.45) is 6.99. The lowest BCUT2D eigenvalue weighted by molar-refractivity contribution is -0.132. The summed E-state index contributed by atoms with van der Waals surface area (Å²) >= 11 is 0. The van der Waals surface area contributed by atoms with Gasteiger partial charge in [0.25, 0.3) is 0 Å². The van der Waals surface area contributed by atoms with Gasteiger partial charge in [-0.15, -0.1) is 0 Å². The number of hydrogen-bond acceptors (Lipinski definition) is 4. The number of piperidine rings is 1. The first kappa shape index (κ1) is 20.5. The summed E-state index contributed by atoms with van der Waals surface area (Å²) < 4.78 is 0. The van der Waals surface area contributed by atoms with E-state index in [1.807, 2.05) is 40.3 Å². The van der Waals surface area contributed by atoms with Gasteiger partial charge in [-0.05, 0) is 59.4 Å². The molecular weight excluding hydrogens is 402 g/mol. The number of benzene rings is 1. The summed E-state index contributed by atoms with van der Waals surface area (Å²) in [6.45, 7) is 3.48. The van der Waals surface area contributed by atoms with Gasteiger partial charge < -0.3 is 15.1 Å². The monoisotopic (exact) mass is 429 g/mol. The van der Waals surface area contributed by atoms with Crippen LogP contribution >= 0.6 is 0 Å². The van der Waals surface area contributed by atoms with Crippen LogP contribution in [0.2, 0.25) is 0 Å². The van der Waals surface area contributed by atoms with Crippen LogP contribution in [0.5, 0.6) is 0 Å². The molecule has 1 unspecified atom stereocenters. The van der Waals surface area contributed by atoms with Gasteiger partial charge in [0.15, 0.2) is 0 Å². The Labute approximate surface area is 188 Å². The molecule has 0 radical (unpaired) electrons. The van der Waals surface area contributed by atoms with Crippen molar-refractivity contribution in [3.8, 4) is 6.07 Å². The van der Waals surface area contributed by atoms with Gasteiger partial charge in [0.1, 0.15) is 0 Å². The van der Waals surface area contributed by atoms with E-state index in [0.29, 0.717) is 31.1 Å². The Kier molecular flexibility index (Phi) is 5.30. The lowest BCUT2D eigenvalue weighted by Crippen LogP contribution is -2.41. The molecule has 2 aromatic rings. The number of carbonyl (C=O) groups is 2. The predicted octanol–water partition coefficient (Wildman–Crippen LogP) is 2.85. The standard InChI is InChI=1S/C25H27N5O2/c26-13-19-4-2-1-3-18(19)11-23(31)29-9-6-25(7-10-29)12-22(25)15-28-24(32)30-16-20-5-8-27-14-21(20)17-30/h1-5,8,14,22H,6-7,9-12,15-17H2,(H,28,32). The highest BCUT2D eigenvalue weighted by molar-refractivity contribution is 5.79. The molecule has 1 aliphatic carbocycles. The number of fused-ring (bicyclic) bond motifs is 1. The number of hydrogen-bond donors (Lipinski definition) is 1. The van der Waals surface area contributed by atoms with Crippen molar-refractivity contribution in [1.82, 2.24) is 20.1 Å². The average molecular weight is 430 g/mol. The van der Waals surface area contributed by atoms with Crippen LogP contribution in [0, 0.1) is 22.7 Å². The molecule has 3 heterocycles. The number of nitrogens with one attached hydrogen (secondary N) is 1. The molecule has 1 aromatic carbocycles. The van der Waals surface area contributed by atoms with Crippen LogP contribution in [0.3, 0.4) is 0 Å². The Morgan fingerprint density at radius 1 is 1.12 bits per heavy atom. The van der Waals surface area contributed by atoms with Gasteiger partial charge in [-0.25, -0.2) is 4.79 Å². The molecule has 1 atom stereocenters. The smallest absolute Gasteiger partial charge is 0.318 e. The van der Waals surface area contributed by atoms with Gasteiger partial charge in [0, 0.05) is 45.1 Å². The number of nitriles is 1. The molecule has 1 spiro atoms. The highest BCUT2D eigenvalue weighted by Crippen LogP contribution is 2.59. The number of likely N-dealkylation sites (tertiary alicyclic amines) is 1. The first-order valence-corrected chi connectivity index (χ1v) is 11.3. The zero-order valence-corrected chi connectivity index (χ0v) is 18.1. The van der Waals surface area contributed by atoms with E-state index in [1.54, 1.807) is 12.3 Å². The highest BCUT2D eigenvalue weighted by atomic mass is 16.2. The molecule has 3 aliphatic rings. The molecule has 1 saturated heterocycles. The summed E-state index contributed by atoms with van der Waals surface area (Å²) in [6, 6.07) is 11.5. The Morgan fingerprint density at radius 2 is 1.91 bits per heavy atom. The summed E-state index contributed by atoms with van der Waals surface area (Å²) in [5, 5.41) is 12.4. The highest BCUT2D eigenvalue weighted by Gasteiger charge is 2.54. The molecule has 164 valence electrons. The topological polar surface area (TPSA) is 89.3 Å². The van der Waals surface area contributed by atoms with E-state index in [4.69, 9.17) is 0 Å². The molecule has 0 bridgehead atoms. The first-order chi connectivity index (χ1) is 15.6. The van der Waals surface area contributed by atoms with Gasteiger partial charge in [0.2, 0.25) is 5.91 Å². The Morgan fingerprint density at radius 3 is 2.69 bits per heavy atom. The molecule has 1 N–H and O–H groups in total. The van der Waals surface area contributed by atoms with E-state index in [1.165, 1.54) is 5.56 Å². The zero-order chi connectivity index (χ0) is 22.1. The fourth-order valence-corrected chi connectivity index (χ4v) is 5.28. The van der Waals surface area contributed by atoms with Crippen molar-refractivity contribution >= 4 is 11.9 Å². The van der Waals surface area contributed by atoms with Crippen molar-refractivity contribution in [2.24, 2.45) is 11.3 Å². The van der Waals surface area contributed by atoms with E-state index in [2.05, 4.69) is 16.4 Å². The van der Waals surface area contributed by atoms with Gasteiger partial charge in [-0.1, -0.05) is 18.2 Å². The molecule has 5 rings (SSSR count). The Hall–Kier alpha value is -3.40. The fraction of sp³-hybridized carbons (Fsp3) is 0.440. The Bertz CT molecular complexity index is 1060. The van der Waals surface area contributed by atoms with Crippen molar-refractivity contribution in [3.63, 3.8) is 0 Å². The van der Waals surface area contributed by atoms with Crippen LogP contribution in [0.25, 0.3) is 0 Å². The minimum Gasteiger partial charge on any atom is -0.342 e. The van der Waals surface area contributed by atoms with E-state index in [9.17, 15) is 14.9 Å². The average Bonchev–Trinajstić information content (AvgIpc) is 3.29. The molecule has 1 saturated carbocycles. The van der Waals surface area contributed by atoms with Crippen molar-refractivity contribution in [1.29, 1.82) is 5.26 Å². The van der Waals surface area contributed by atoms with Crippen LogP contribution in [0.15, 0.2) is 42.7 Å². The summed E-state index contributed by atoms with van der Waals surface area (Å²) in [7, 11) is 0. The summed E-state index contributed by atoms with van der Waals surface area (Å²) in [5.74, 6) is 0.589. The number of urea groups is 1. The third-order valence-corrected chi connectivity index (χ3v) is 7.46. The van der Waals surface area contributed by atoms with Crippen molar-refractivity contribution in [2.45, 2.75) is 38.8 Å². The maximum absolute atomic E-state index is 12.8. The largest absolute Gasteiger partial charge is 0.342 e. The Balaban J connectivity index is 1.08. The quantitative estimate of drug-likeness (QED) is 0.809. The number of aromatic nitrogens is 1. The molecular formula is C25H27N5O2. The minimum atomic E-state index is -0.00739. The zero-order valence-electron chi connectivity index (χ0n) is 18.1. The number of pyridine rings is 1. The van der Waals surface area contributed by atoms with Gasteiger partial charge in [-0.3, -0.25) is 9.78 Å².